The lowest BCUT2D eigenvalue weighted by atomic mass is 9.90. The molecule has 0 amide bonds. The highest BCUT2D eigenvalue weighted by Crippen LogP contribution is 2.37. The Balaban J connectivity index is 2.36. The molecule has 7 heteroatoms. The minimum absolute atomic E-state index is 0.113. The van der Waals surface area contributed by atoms with Crippen LogP contribution in [0.1, 0.15) is 33.6 Å². The molecule has 32 heavy (non-hydrogen) atoms. The molecule has 1 aromatic rings. The van der Waals surface area contributed by atoms with Crippen LogP contribution in [0.3, 0.4) is 0 Å². The van der Waals surface area contributed by atoms with Gasteiger partial charge in [-0.15, -0.1) is 0 Å². The third-order valence-corrected chi connectivity index (χ3v) is 6.79. The first kappa shape index (κ1) is 25.9. The van der Waals surface area contributed by atoms with Crippen LogP contribution in [0.2, 0.25) is 0 Å². The fourth-order valence-corrected chi connectivity index (χ4v) is 4.56. The van der Waals surface area contributed by atoms with Crippen LogP contribution < -0.4 is 16.1 Å². The summed E-state index contributed by atoms with van der Waals surface area (Å²) >= 11 is 0. The fraction of sp³-hybridized carbons (Fsp3) is 0.440. The maximum Gasteiger partial charge on any atom is 0.0850 e. The van der Waals surface area contributed by atoms with Gasteiger partial charge in [-0.25, -0.2) is 4.21 Å². The van der Waals surface area contributed by atoms with Crippen molar-refractivity contribution in [2.45, 2.75) is 38.5 Å². The Morgan fingerprint density at radius 3 is 2.62 bits per heavy atom. The van der Waals surface area contributed by atoms with Crippen molar-refractivity contribution in [1.82, 2.24) is 5.48 Å². The van der Waals surface area contributed by atoms with E-state index in [9.17, 15) is 4.21 Å². The molecule has 0 bridgehead atoms. The number of hydrogen-bond acceptors (Lipinski definition) is 6. The molecule has 0 aliphatic carbocycles. The highest BCUT2D eigenvalue weighted by Gasteiger charge is 2.27. The smallest absolute Gasteiger partial charge is 0.0850 e. The molecule has 1 unspecified atom stereocenters. The van der Waals surface area contributed by atoms with Gasteiger partial charge in [-0.2, -0.15) is 0 Å². The summed E-state index contributed by atoms with van der Waals surface area (Å²) in [4.78, 5) is 8.22. The van der Waals surface area contributed by atoms with E-state index in [1.165, 1.54) is 7.11 Å². The minimum Gasteiger partial charge on any atom is -0.397 e. The van der Waals surface area contributed by atoms with Gasteiger partial charge in [0.15, 0.2) is 0 Å². The van der Waals surface area contributed by atoms with Crippen LogP contribution in [0.4, 0.5) is 11.4 Å². The van der Waals surface area contributed by atoms with E-state index in [0.29, 0.717) is 21.4 Å². The van der Waals surface area contributed by atoms with Crippen molar-refractivity contribution < 1.29 is 13.8 Å². The number of rotatable bonds is 10. The lowest BCUT2D eigenvalue weighted by Gasteiger charge is -2.38. The van der Waals surface area contributed by atoms with Gasteiger partial charge in [0.1, 0.15) is 0 Å². The standard InChI is InChI=1S/C25H37N3O3S/c1-7-8-21(11-14-27-30-6)32(29)22-9-10-24(23(26)17-22)28(19(2)25(3,4)5)18-20-12-15-31-16-13-20/h7-11,14,17,20,27H,1-2,12-13,15-16,18,26H2,3-6H3/b14-11-,21-8+. The zero-order valence-corrected chi connectivity index (χ0v) is 20.5. The number of anilines is 2. The van der Waals surface area contributed by atoms with Crippen molar-refractivity contribution in [3.05, 3.63) is 66.4 Å². The van der Waals surface area contributed by atoms with Gasteiger partial charge in [-0.1, -0.05) is 40.0 Å². The summed E-state index contributed by atoms with van der Waals surface area (Å²) in [5.74, 6) is 0.511. The predicted molar refractivity (Wildman–Crippen MR) is 134 cm³/mol. The Kier molecular flexibility index (Phi) is 9.75. The molecule has 1 aliphatic heterocycles. The van der Waals surface area contributed by atoms with E-state index in [1.54, 1.807) is 30.5 Å². The first-order valence-corrected chi connectivity index (χ1v) is 12.0. The summed E-state index contributed by atoms with van der Waals surface area (Å²) in [6.07, 6.45) is 8.61. The Bertz CT molecular complexity index is 881. The number of allylic oxidation sites excluding steroid dienone is 4. The van der Waals surface area contributed by atoms with Crippen LogP contribution in [-0.2, 0) is 20.4 Å². The molecule has 1 fully saturated rings. The maximum absolute atomic E-state index is 13.1. The van der Waals surface area contributed by atoms with Gasteiger partial charge in [-0.3, -0.25) is 10.3 Å². The average Bonchev–Trinajstić information content (AvgIpc) is 2.76. The van der Waals surface area contributed by atoms with Crippen LogP contribution in [0.25, 0.3) is 0 Å². The molecule has 1 aliphatic rings. The van der Waals surface area contributed by atoms with Gasteiger partial charge in [-0.05, 0) is 49.1 Å². The quantitative estimate of drug-likeness (QED) is 0.294. The molecule has 2 rings (SSSR count). The Morgan fingerprint density at radius 2 is 2.06 bits per heavy atom. The molecule has 0 radical (unpaired) electrons. The Labute approximate surface area is 195 Å². The van der Waals surface area contributed by atoms with Crippen LogP contribution in [0.5, 0.6) is 0 Å². The lowest BCUT2D eigenvalue weighted by molar-refractivity contribution is 0.0684. The summed E-state index contributed by atoms with van der Waals surface area (Å²) in [5.41, 5.74) is 11.5. The van der Waals surface area contributed by atoms with Gasteiger partial charge in [0.05, 0.1) is 29.3 Å². The van der Waals surface area contributed by atoms with Gasteiger partial charge < -0.3 is 15.4 Å². The van der Waals surface area contributed by atoms with E-state index in [4.69, 9.17) is 15.3 Å². The van der Waals surface area contributed by atoms with Gasteiger partial charge >= 0.3 is 0 Å². The van der Waals surface area contributed by atoms with E-state index in [0.717, 1.165) is 44.0 Å². The number of nitrogens with two attached hydrogens (primary N) is 1. The predicted octanol–water partition coefficient (Wildman–Crippen LogP) is 4.90. The SMILES string of the molecule is C=C/C=C(\C=C/NOC)S(=O)c1ccc(N(CC2CCOCC2)C(=C)C(C)(C)C)c(N)c1. The highest BCUT2D eigenvalue weighted by atomic mass is 32.2. The van der Waals surface area contributed by atoms with Crippen LogP contribution >= 0.6 is 0 Å². The number of nitrogens with one attached hydrogen (secondary N) is 1. The Hall–Kier alpha value is -2.35. The normalized spacial score (nSPS) is 16.7. The van der Waals surface area contributed by atoms with E-state index >= 15 is 0 Å². The van der Waals surface area contributed by atoms with Crippen molar-refractivity contribution in [2.24, 2.45) is 11.3 Å². The summed E-state index contributed by atoms with van der Waals surface area (Å²) in [6.45, 7) is 17.0. The molecule has 3 N–H and O–H groups in total. The zero-order chi connectivity index (χ0) is 23.7. The minimum atomic E-state index is -1.42. The number of hydroxylamine groups is 1. The fourth-order valence-electron chi connectivity index (χ4n) is 3.46. The first-order valence-electron chi connectivity index (χ1n) is 10.8. The largest absolute Gasteiger partial charge is 0.397 e. The van der Waals surface area contributed by atoms with Crippen molar-refractivity contribution in [1.29, 1.82) is 0 Å². The summed E-state index contributed by atoms with van der Waals surface area (Å²) in [7, 11) is 0.0888. The maximum atomic E-state index is 13.1. The summed E-state index contributed by atoms with van der Waals surface area (Å²) < 4.78 is 18.7. The van der Waals surface area contributed by atoms with Crippen molar-refractivity contribution >= 4 is 22.2 Å². The second kappa shape index (κ2) is 12.0. The molecule has 1 atom stereocenters. The van der Waals surface area contributed by atoms with Gasteiger partial charge in [0, 0.05) is 46.9 Å². The molecule has 1 heterocycles. The molecule has 1 saturated heterocycles. The van der Waals surface area contributed by atoms with Crippen molar-refractivity contribution in [3.63, 3.8) is 0 Å². The van der Waals surface area contributed by atoms with E-state index in [1.807, 2.05) is 12.1 Å². The van der Waals surface area contributed by atoms with Crippen LogP contribution in [-0.4, -0.2) is 31.1 Å². The van der Waals surface area contributed by atoms with Crippen molar-refractivity contribution in [3.8, 4) is 0 Å². The lowest BCUT2D eigenvalue weighted by Crippen LogP contribution is -2.36. The monoisotopic (exact) mass is 459 g/mol. The van der Waals surface area contributed by atoms with Crippen LogP contribution in [0, 0.1) is 11.3 Å². The van der Waals surface area contributed by atoms with E-state index < -0.39 is 10.8 Å². The number of nitrogens with zero attached hydrogens (tertiary/aromatic N) is 1. The molecule has 1 aromatic carbocycles. The van der Waals surface area contributed by atoms with E-state index in [-0.39, 0.29) is 5.41 Å². The number of hydrogen-bond donors (Lipinski definition) is 2. The average molecular weight is 460 g/mol. The second-order valence-corrected chi connectivity index (χ2v) is 10.3. The third kappa shape index (κ3) is 7.08. The molecular weight excluding hydrogens is 422 g/mol. The van der Waals surface area contributed by atoms with Crippen molar-refractivity contribution in [2.75, 3.05) is 37.5 Å². The highest BCUT2D eigenvalue weighted by molar-refractivity contribution is 7.89. The summed E-state index contributed by atoms with van der Waals surface area (Å²) in [5, 5.41) is 0. The molecular formula is C25H37N3O3S. The molecule has 0 aromatic heterocycles. The van der Waals surface area contributed by atoms with E-state index in [2.05, 4.69) is 44.3 Å². The number of nitrogen functional groups attached to an aromatic ring is 1. The third-order valence-electron chi connectivity index (χ3n) is 5.41. The molecule has 0 spiro atoms. The topological polar surface area (TPSA) is 76.8 Å². The second-order valence-electron chi connectivity index (χ2n) is 8.81. The molecule has 6 nitrogen and oxygen atoms in total. The molecule has 176 valence electrons. The Morgan fingerprint density at radius 1 is 1.38 bits per heavy atom. The number of benzene rings is 1. The van der Waals surface area contributed by atoms with Crippen LogP contribution in [0.15, 0.2) is 71.3 Å². The van der Waals surface area contributed by atoms with Gasteiger partial charge in [0.2, 0.25) is 0 Å². The summed E-state index contributed by atoms with van der Waals surface area (Å²) in [6, 6.07) is 5.59. The number of ether oxygens (including phenoxy) is 1. The molecule has 0 saturated carbocycles. The zero-order valence-electron chi connectivity index (χ0n) is 19.7. The van der Waals surface area contributed by atoms with Gasteiger partial charge in [0.25, 0.3) is 0 Å². The first-order chi connectivity index (χ1) is 15.2.